The van der Waals surface area contributed by atoms with E-state index in [1.807, 2.05) is 85.8 Å². The molecular formula is C53H58N4O10. The maximum absolute atomic E-state index is 15.2. The molecule has 1 aromatic heterocycles. The van der Waals surface area contributed by atoms with Crippen LogP contribution < -0.4 is 14.2 Å². The van der Waals surface area contributed by atoms with Gasteiger partial charge in [0, 0.05) is 48.9 Å². The second-order valence-electron chi connectivity index (χ2n) is 17.4. The van der Waals surface area contributed by atoms with Crippen molar-refractivity contribution in [2.45, 2.75) is 82.8 Å². The molecule has 3 aliphatic rings. The van der Waals surface area contributed by atoms with E-state index >= 15 is 4.79 Å². The Morgan fingerprint density at radius 2 is 1.72 bits per heavy atom. The molecule has 1 saturated carbocycles. The number of benzene rings is 4. The summed E-state index contributed by atoms with van der Waals surface area (Å²) in [5.74, 6) is -1.09. The minimum absolute atomic E-state index is 0.0110. The molecule has 1 amide bonds. The summed E-state index contributed by atoms with van der Waals surface area (Å²) in [6, 6.07) is 30.1. The first-order chi connectivity index (χ1) is 32.7. The third-order valence-corrected chi connectivity index (χ3v) is 13.3. The molecule has 8 rings (SSSR count). The van der Waals surface area contributed by atoms with Gasteiger partial charge < -0.3 is 34.0 Å². The fraction of sp³-hybridized carbons (Fsp3) is 0.377. The lowest BCUT2D eigenvalue weighted by Crippen LogP contribution is -2.70. The van der Waals surface area contributed by atoms with E-state index in [1.54, 1.807) is 11.0 Å². The Morgan fingerprint density at radius 1 is 0.970 bits per heavy atom. The molecule has 1 fully saturated rings. The number of aryl methyl sites for hydroxylation is 1. The summed E-state index contributed by atoms with van der Waals surface area (Å²) in [6.45, 7) is 6.51. The van der Waals surface area contributed by atoms with Crippen molar-refractivity contribution in [3.8, 4) is 17.2 Å². The van der Waals surface area contributed by atoms with Gasteiger partial charge in [-0.2, -0.15) is 0 Å². The van der Waals surface area contributed by atoms with Crippen molar-refractivity contribution in [1.29, 1.82) is 0 Å². The minimum Gasteiger partial charge on any atom is -0.487 e. The number of amides is 1. The highest BCUT2D eigenvalue weighted by atomic mass is 16.7. The lowest BCUT2D eigenvalue weighted by atomic mass is 9.55. The molecular weight excluding hydrogens is 853 g/mol. The number of nitrogens with zero attached hydrogens (tertiary/aromatic N) is 4. The highest BCUT2D eigenvalue weighted by molar-refractivity contribution is 6.03. The molecule has 6 atom stereocenters. The number of aromatic nitrogens is 1. The maximum atomic E-state index is 15.2. The first kappa shape index (κ1) is 46.9. The number of oxime groups is 1. The van der Waals surface area contributed by atoms with Crippen LogP contribution in [0.4, 0.5) is 10.5 Å². The van der Waals surface area contributed by atoms with Crippen molar-refractivity contribution in [2.75, 3.05) is 26.9 Å². The quantitative estimate of drug-likeness (QED) is 0.0329. The van der Waals surface area contributed by atoms with Crippen LogP contribution >= 0.6 is 0 Å². The van der Waals surface area contributed by atoms with Crippen molar-refractivity contribution >= 4 is 28.3 Å². The molecule has 2 N–H and O–H groups in total. The van der Waals surface area contributed by atoms with Crippen LogP contribution in [-0.4, -0.2) is 75.6 Å². The molecule has 6 unspecified atom stereocenters. The van der Waals surface area contributed by atoms with Crippen LogP contribution in [0.2, 0.25) is 0 Å². The van der Waals surface area contributed by atoms with Gasteiger partial charge in [0.25, 0.3) is 5.69 Å². The van der Waals surface area contributed by atoms with E-state index in [-0.39, 0.29) is 68.6 Å². The van der Waals surface area contributed by atoms with Crippen LogP contribution in [0.15, 0.2) is 133 Å². The zero-order chi connectivity index (χ0) is 46.9. The molecule has 0 spiro atoms. The van der Waals surface area contributed by atoms with Crippen molar-refractivity contribution in [2.24, 2.45) is 22.9 Å². The summed E-state index contributed by atoms with van der Waals surface area (Å²) in [7, 11) is 1.51. The number of aliphatic hydroxyl groups excluding tert-OH is 2. The number of ether oxygens (including phenoxy) is 4. The lowest BCUT2D eigenvalue weighted by molar-refractivity contribution is -0.384. The van der Waals surface area contributed by atoms with Crippen LogP contribution in [-0.2, 0) is 22.7 Å². The Balaban J connectivity index is 1.32. The highest BCUT2D eigenvalue weighted by Crippen LogP contribution is 2.62. The number of fused-ring (bicyclic) bond motifs is 3. The topological polar surface area (TPSA) is 175 Å². The molecule has 0 radical (unpaired) electrons. The normalized spacial score (nSPS) is 22.2. The van der Waals surface area contributed by atoms with Gasteiger partial charge in [-0.3, -0.25) is 20.0 Å². The monoisotopic (exact) mass is 910 g/mol. The third-order valence-electron chi connectivity index (χ3n) is 13.3. The van der Waals surface area contributed by atoms with Gasteiger partial charge >= 0.3 is 6.09 Å². The minimum atomic E-state index is -1.57. The number of carbonyl (C=O) groups excluding carboxylic acids is 1. The number of hydrogen-bond acceptors (Lipinski definition) is 12. The van der Waals surface area contributed by atoms with E-state index in [1.165, 1.54) is 31.4 Å². The molecule has 350 valence electrons. The fourth-order valence-electron chi connectivity index (χ4n) is 10.4. The summed E-state index contributed by atoms with van der Waals surface area (Å²) in [5, 5.41) is 38.2. The molecule has 14 heteroatoms. The molecule has 2 aliphatic carbocycles. The van der Waals surface area contributed by atoms with Crippen LogP contribution in [0.25, 0.3) is 10.8 Å². The number of rotatable bonds is 20. The molecule has 4 aromatic carbocycles. The first-order valence-electron chi connectivity index (χ1n) is 23.0. The molecule has 5 aromatic rings. The first-order valence-corrected chi connectivity index (χ1v) is 23.0. The van der Waals surface area contributed by atoms with Gasteiger partial charge in [0.05, 0.1) is 35.4 Å². The molecule has 0 saturated heterocycles. The van der Waals surface area contributed by atoms with E-state index in [2.05, 4.69) is 17.6 Å². The highest BCUT2D eigenvalue weighted by Gasteiger charge is 2.65. The van der Waals surface area contributed by atoms with Gasteiger partial charge in [0.2, 0.25) is 5.79 Å². The largest absolute Gasteiger partial charge is 0.487 e. The number of unbranched alkanes of at least 4 members (excludes halogenated alkanes) is 2. The standard InChI is InChI=1S/C53H58N4O10/c1-4-29-65-53-49(56(33-38-17-12-16-36-14-5-6-19-43(36)38)52(60)66-41-23-21-40(22-24-41)57(61)62)32-47(55-63-3)45-30-37(15-7-9-27-58)44(20-8-10-28-59)50(51(45)53)46-31-42(25-26-48(46)67-53)64-34-39-18-11-13-35(2)54-39/h4-6,11-14,16-19,21-26,30-31,37,44,49-51,58-59H,1,7-10,15,20,27-29,32-34H2,2-3H3. The van der Waals surface area contributed by atoms with Crippen LogP contribution in [0.3, 0.4) is 0 Å². The fourth-order valence-corrected chi connectivity index (χ4v) is 10.4. The molecule has 0 bridgehead atoms. The molecule has 14 nitrogen and oxygen atoms in total. The third kappa shape index (κ3) is 10.1. The summed E-state index contributed by atoms with van der Waals surface area (Å²) in [6.07, 6.45) is 7.73. The number of pyridine rings is 1. The van der Waals surface area contributed by atoms with E-state index in [0.717, 1.165) is 64.5 Å². The Hall–Kier alpha value is -6.61. The summed E-state index contributed by atoms with van der Waals surface area (Å²) in [4.78, 5) is 38.2. The average Bonchev–Trinajstić information content (AvgIpc) is 3.33. The number of carbonyl (C=O) groups is 1. The van der Waals surface area contributed by atoms with Crippen molar-refractivity contribution in [3.05, 3.63) is 160 Å². The predicted molar refractivity (Wildman–Crippen MR) is 254 cm³/mol. The van der Waals surface area contributed by atoms with Gasteiger partial charge in [-0.1, -0.05) is 78.7 Å². The smallest absolute Gasteiger partial charge is 0.416 e. The van der Waals surface area contributed by atoms with Crippen molar-refractivity contribution < 1.29 is 43.7 Å². The van der Waals surface area contributed by atoms with Crippen LogP contribution in [0.5, 0.6) is 17.2 Å². The number of nitro groups is 1. The Bertz CT molecular complexity index is 2610. The zero-order valence-electron chi connectivity index (χ0n) is 38.0. The Labute approximate surface area is 390 Å². The van der Waals surface area contributed by atoms with E-state index in [4.69, 9.17) is 28.9 Å². The summed E-state index contributed by atoms with van der Waals surface area (Å²) >= 11 is 0. The van der Waals surface area contributed by atoms with E-state index in [0.29, 0.717) is 30.1 Å². The summed E-state index contributed by atoms with van der Waals surface area (Å²) < 4.78 is 27.2. The van der Waals surface area contributed by atoms with Crippen molar-refractivity contribution in [3.63, 3.8) is 0 Å². The molecule has 67 heavy (non-hydrogen) atoms. The lowest BCUT2D eigenvalue weighted by Gasteiger charge is -2.59. The number of hydrogen-bond donors (Lipinski definition) is 2. The van der Waals surface area contributed by atoms with Gasteiger partial charge in [-0.05, 0) is 109 Å². The molecule has 2 heterocycles. The van der Waals surface area contributed by atoms with Crippen molar-refractivity contribution in [1.82, 2.24) is 9.88 Å². The average molecular weight is 911 g/mol. The van der Waals surface area contributed by atoms with Gasteiger partial charge in [0.15, 0.2) is 0 Å². The Morgan fingerprint density at radius 3 is 2.46 bits per heavy atom. The molecule has 1 aliphatic heterocycles. The van der Waals surface area contributed by atoms with Crippen LogP contribution in [0.1, 0.15) is 73.4 Å². The second-order valence-corrected chi connectivity index (χ2v) is 17.4. The van der Waals surface area contributed by atoms with Crippen LogP contribution in [0, 0.1) is 34.8 Å². The van der Waals surface area contributed by atoms with E-state index < -0.39 is 28.8 Å². The van der Waals surface area contributed by atoms with E-state index in [9.17, 15) is 20.3 Å². The Kier molecular flexibility index (Phi) is 14.9. The summed E-state index contributed by atoms with van der Waals surface area (Å²) in [5.41, 5.74) is 4.81. The number of aliphatic hydroxyl groups is 2. The van der Waals surface area contributed by atoms with Gasteiger partial charge in [-0.15, -0.1) is 6.58 Å². The second kappa shape index (κ2) is 21.3. The maximum Gasteiger partial charge on any atom is 0.416 e. The number of allylic oxidation sites excluding steroid dienone is 1. The number of nitro benzene ring substituents is 1. The number of non-ortho nitro benzene ring substituents is 1. The predicted octanol–water partition coefficient (Wildman–Crippen LogP) is 10.00. The SMILES string of the molecule is C=CCOC12Oc3ccc(OCc4cccc(C)n4)cc3C3C(CCCCO)C(CCCCO)C=C(C(=NOC)CC1N(Cc1cccc4ccccc14)C(=O)Oc1ccc([N+](=O)[O-])cc1)C32. The van der Waals surface area contributed by atoms with Gasteiger partial charge in [0.1, 0.15) is 37.0 Å². The zero-order valence-corrected chi connectivity index (χ0v) is 38.0. The van der Waals surface area contributed by atoms with Gasteiger partial charge in [-0.25, -0.2) is 4.79 Å².